The molecule has 0 saturated heterocycles. The maximum atomic E-state index is 12.0. The second-order valence-electron chi connectivity index (χ2n) is 3.95. The van der Waals surface area contributed by atoms with E-state index >= 15 is 0 Å². The van der Waals surface area contributed by atoms with Crippen LogP contribution in [0.3, 0.4) is 0 Å². The molecule has 7 heteroatoms. The SMILES string of the molecule is CCC(NC(=O)c1cnc(N)s1)c1ncc(C)[nH]1. The topological polar surface area (TPSA) is 96.7 Å². The van der Waals surface area contributed by atoms with Crippen molar-refractivity contribution in [1.82, 2.24) is 20.3 Å². The predicted molar refractivity (Wildman–Crippen MR) is 70.3 cm³/mol. The van der Waals surface area contributed by atoms with E-state index in [-0.39, 0.29) is 11.9 Å². The Morgan fingerprint density at radius 3 is 2.83 bits per heavy atom. The van der Waals surface area contributed by atoms with Gasteiger partial charge >= 0.3 is 0 Å². The molecule has 0 saturated carbocycles. The number of aromatic amines is 1. The van der Waals surface area contributed by atoms with Crippen molar-refractivity contribution < 1.29 is 4.79 Å². The van der Waals surface area contributed by atoms with Gasteiger partial charge in [0.2, 0.25) is 0 Å². The zero-order valence-corrected chi connectivity index (χ0v) is 11.0. The van der Waals surface area contributed by atoms with Crippen LogP contribution in [0.25, 0.3) is 0 Å². The third kappa shape index (κ3) is 2.67. The lowest BCUT2D eigenvalue weighted by molar-refractivity contribution is 0.0938. The lowest BCUT2D eigenvalue weighted by Crippen LogP contribution is -2.28. The highest BCUT2D eigenvalue weighted by Gasteiger charge is 2.17. The number of nitrogens with zero attached hydrogens (tertiary/aromatic N) is 2. The molecule has 1 atom stereocenters. The molecule has 0 fully saturated rings. The Morgan fingerprint density at radius 2 is 2.33 bits per heavy atom. The van der Waals surface area contributed by atoms with Crippen LogP contribution in [0, 0.1) is 6.92 Å². The molecule has 2 aromatic rings. The van der Waals surface area contributed by atoms with Gasteiger partial charge in [0.1, 0.15) is 10.7 Å². The Hall–Kier alpha value is -1.89. The molecule has 0 aliphatic carbocycles. The largest absolute Gasteiger partial charge is 0.375 e. The summed E-state index contributed by atoms with van der Waals surface area (Å²) in [6, 6.07) is -0.130. The number of carbonyl (C=O) groups is 1. The standard InChI is InChI=1S/C11H15N5OS/c1-3-7(9-13-4-6(2)15-9)16-10(17)8-5-14-11(12)18-8/h4-5,7H,3H2,1-2H3,(H2,12,14)(H,13,15)(H,16,17). The van der Waals surface area contributed by atoms with Gasteiger partial charge < -0.3 is 16.0 Å². The molecular weight excluding hydrogens is 250 g/mol. The van der Waals surface area contributed by atoms with Crippen molar-refractivity contribution >= 4 is 22.4 Å². The first-order chi connectivity index (χ1) is 8.60. The number of aromatic nitrogens is 3. The Kier molecular flexibility index (Phi) is 3.61. The molecule has 2 rings (SSSR count). The number of carbonyl (C=O) groups excluding carboxylic acids is 1. The van der Waals surface area contributed by atoms with Crippen molar-refractivity contribution in [2.24, 2.45) is 0 Å². The molecule has 96 valence electrons. The number of aryl methyl sites for hydroxylation is 1. The van der Waals surface area contributed by atoms with Gasteiger partial charge in [-0.2, -0.15) is 0 Å². The number of thiazole rings is 1. The van der Waals surface area contributed by atoms with Gasteiger partial charge in [-0.3, -0.25) is 4.79 Å². The zero-order valence-electron chi connectivity index (χ0n) is 10.2. The predicted octanol–water partition coefficient (Wildman–Crippen LogP) is 1.64. The van der Waals surface area contributed by atoms with E-state index in [0.717, 1.165) is 17.9 Å². The lowest BCUT2D eigenvalue weighted by Gasteiger charge is -2.13. The summed E-state index contributed by atoms with van der Waals surface area (Å²) in [5.74, 6) is 0.589. The number of hydrogen-bond donors (Lipinski definition) is 3. The van der Waals surface area contributed by atoms with E-state index in [1.54, 1.807) is 6.20 Å². The van der Waals surface area contributed by atoms with Gasteiger partial charge in [-0.05, 0) is 13.3 Å². The van der Waals surface area contributed by atoms with Crippen LogP contribution in [-0.4, -0.2) is 20.9 Å². The second kappa shape index (κ2) is 5.18. The van der Waals surface area contributed by atoms with Crippen molar-refractivity contribution in [3.8, 4) is 0 Å². The fourth-order valence-corrected chi connectivity index (χ4v) is 2.18. The maximum absolute atomic E-state index is 12.0. The number of rotatable bonds is 4. The smallest absolute Gasteiger partial charge is 0.263 e. The van der Waals surface area contributed by atoms with E-state index in [2.05, 4.69) is 20.3 Å². The summed E-state index contributed by atoms with van der Waals surface area (Å²) >= 11 is 1.17. The fraction of sp³-hybridized carbons (Fsp3) is 0.364. The maximum Gasteiger partial charge on any atom is 0.263 e. The second-order valence-corrected chi connectivity index (χ2v) is 5.01. The highest BCUT2D eigenvalue weighted by Crippen LogP contribution is 2.17. The van der Waals surface area contributed by atoms with E-state index < -0.39 is 0 Å². The molecule has 0 spiro atoms. The summed E-state index contributed by atoms with van der Waals surface area (Å²) in [7, 11) is 0. The number of nitrogens with one attached hydrogen (secondary N) is 2. The molecule has 18 heavy (non-hydrogen) atoms. The third-order valence-corrected chi connectivity index (χ3v) is 3.34. The van der Waals surface area contributed by atoms with Crippen LogP contribution in [0.15, 0.2) is 12.4 Å². The van der Waals surface area contributed by atoms with Gasteiger partial charge in [0, 0.05) is 11.9 Å². The summed E-state index contributed by atoms with van der Waals surface area (Å²) < 4.78 is 0. The first-order valence-corrected chi connectivity index (χ1v) is 6.45. The molecule has 6 nitrogen and oxygen atoms in total. The van der Waals surface area contributed by atoms with Crippen molar-refractivity contribution in [3.05, 3.63) is 28.8 Å². The van der Waals surface area contributed by atoms with E-state index in [9.17, 15) is 4.79 Å². The van der Waals surface area contributed by atoms with Crippen molar-refractivity contribution in [2.45, 2.75) is 26.3 Å². The van der Waals surface area contributed by atoms with E-state index in [0.29, 0.717) is 10.0 Å². The Morgan fingerprint density at radius 1 is 1.56 bits per heavy atom. The molecule has 2 heterocycles. The number of nitrogen functional groups attached to an aromatic ring is 1. The summed E-state index contributed by atoms with van der Waals surface area (Å²) in [5.41, 5.74) is 6.48. The Labute approximate surface area is 109 Å². The van der Waals surface area contributed by atoms with Crippen LogP contribution in [-0.2, 0) is 0 Å². The van der Waals surface area contributed by atoms with Gasteiger partial charge in [-0.15, -0.1) is 0 Å². The van der Waals surface area contributed by atoms with Crippen molar-refractivity contribution in [2.75, 3.05) is 5.73 Å². The highest BCUT2D eigenvalue weighted by molar-refractivity contribution is 7.17. The molecular formula is C11H15N5OS. The molecule has 0 radical (unpaired) electrons. The monoisotopic (exact) mass is 265 g/mol. The number of amides is 1. The molecule has 0 aromatic carbocycles. The molecule has 0 aliphatic rings. The number of hydrogen-bond acceptors (Lipinski definition) is 5. The third-order valence-electron chi connectivity index (χ3n) is 2.51. The molecule has 2 aromatic heterocycles. The average molecular weight is 265 g/mol. The Bertz CT molecular complexity index is 547. The van der Waals surface area contributed by atoms with Gasteiger partial charge in [-0.1, -0.05) is 18.3 Å². The number of imidazole rings is 1. The summed E-state index contributed by atoms with van der Waals surface area (Å²) in [6.45, 7) is 3.92. The van der Waals surface area contributed by atoms with Gasteiger partial charge in [-0.25, -0.2) is 9.97 Å². The number of nitrogens with two attached hydrogens (primary N) is 1. The molecule has 4 N–H and O–H groups in total. The minimum Gasteiger partial charge on any atom is -0.375 e. The molecule has 0 aliphatic heterocycles. The van der Waals surface area contributed by atoms with Crippen LogP contribution in [0.1, 0.15) is 40.6 Å². The van der Waals surface area contributed by atoms with E-state index in [1.165, 1.54) is 17.5 Å². The molecule has 0 bridgehead atoms. The van der Waals surface area contributed by atoms with Crippen LogP contribution >= 0.6 is 11.3 Å². The fourth-order valence-electron chi connectivity index (χ4n) is 1.60. The number of H-pyrrole nitrogens is 1. The lowest BCUT2D eigenvalue weighted by atomic mass is 10.2. The van der Waals surface area contributed by atoms with E-state index in [4.69, 9.17) is 5.73 Å². The summed E-state index contributed by atoms with van der Waals surface area (Å²) in [6.07, 6.45) is 3.98. The van der Waals surface area contributed by atoms with Crippen LogP contribution in [0.2, 0.25) is 0 Å². The molecule has 1 amide bonds. The minimum atomic E-state index is -0.176. The van der Waals surface area contributed by atoms with E-state index in [1.807, 2.05) is 13.8 Å². The normalized spacial score (nSPS) is 12.3. The molecule has 1 unspecified atom stereocenters. The summed E-state index contributed by atoms with van der Waals surface area (Å²) in [5, 5.41) is 3.30. The Balaban J connectivity index is 2.09. The first-order valence-electron chi connectivity index (χ1n) is 5.63. The summed E-state index contributed by atoms with van der Waals surface area (Å²) in [4.78, 5) is 23.7. The van der Waals surface area contributed by atoms with Gasteiger partial charge in [0.05, 0.1) is 12.2 Å². The zero-order chi connectivity index (χ0) is 13.1. The van der Waals surface area contributed by atoms with Crippen molar-refractivity contribution in [1.29, 1.82) is 0 Å². The van der Waals surface area contributed by atoms with Gasteiger partial charge in [0.15, 0.2) is 5.13 Å². The van der Waals surface area contributed by atoms with Crippen LogP contribution in [0.4, 0.5) is 5.13 Å². The van der Waals surface area contributed by atoms with Crippen LogP contribution < -0.4 is 11.1 Å². The minimum absolute atomic E-state index is 0.130. The highest BCUT2D eigenvalue weighted by atomic mass is 32.1. The first kappa shape index (κ1) is 12.6. The number of anilines is 1. The average Bonchev–Trinajstić information content (AvgIpc) is 2.94. The van der Waals surface area contributed by atoms with Crippen LogP contribution in [0.5, 0.6) is 0 Å². The van der Waals surface area contributed by atoms with Gasteiger partial charge in [0.25, 0.3) is 5.91 Å². The van der Waals surface area contributed by atoms with Crippen molar-refractivity contribution in [3.63, 3.8) is 0 Å². The quantitative estimate of drug-likeness (QED) is 0.782.